The monoisotopic (exact) mass is 481 g/mol. The highest BCUT2D eigenvalue weighted by molar-refractivity contribution is 6.05. The van der Waals surface area contributed by atoms with Crippen LogP contribution in [0.2, 0.25) is 0 Å². The number of nitrogens with zero attached hydrogens (tertiary/aromatic N) is 4. The zero-order valence-electron chi connectivity index (χ0n) is 19.1. The van der Waals surface area contributed by atoms with Gasteiger partial charge in [0.15, 0.2) is 5.82 Å². The zero-order chi connectivity index (χ0) is 25.2. The van der Waals surface area contributed by atoms with E-state index in [0.29, 0.717) is 23.1 Å². The summed E-state index contributed by atoms with van der Waals surface area (Å²) in [6.45, 7) is 3.71. The van der Waals surface area contributed by atoms with E-state index in [4.69, 9.17) is 0 Å². The van der Waals surface area contributed by atoms with Crippen molar-refractivity contribution in [2.75, 3.05) is 23.0 Å². The fraction of sp³-hybridized carbons (Fsp3) is 0.167. The van der Waals surface area contributed by atoms with Crippen LogP contribution in [0.25, 0.3) is 5.82 Å². The first-order chi connectivity index (χ1) is 16.6. The number of anilines is 4. The summed E-state index contributed by atoms with van der Waals surface area (Å²) in [5.41, 5.74) is 1.72. The van der Waals surface area contributed by atoms with Gasteiger partial charge in [-0.1, -0.05) is 12.1 Å². The van der Waals surface area contributed by atoms with Gasteiger partial charge in [0.25, 0.3) is 5.91 Å². The quantitative estimate of drug-likeness (QED) is 0.344. The molecule has 0 fully saturated rings. The Morgan fingerprint density at radius 3 is 2.54 bits per heavy atom. The smallest absolute Gasteiger partial charge is 0.373 e. The van der Waals surface area contributed by atoms with Crippen LogP contribution in [0.15, 0.2) is 60.9 Å². The maximum atomic E-state index is 13.0. The van der Waals surface area contributed by atoms with Crippen LogP contribution in [-0.2, 0) is 6.18 Å². The number of aromatic nitrogens is 4. The van der Waals surface area contributed by atoms with Crippen molar-refractivity contribution in [3.8, 4) is 5.82 Å². The molecule has 4 rings (SSSR count). The molecule has 0 bridgehead atoms. The molecule has 3 N–H and O–H groups in total. The fourth-order valence-corrected chi connectivity index (χ4v) is 3.38. The minimum atomic E-state index is -4.50. The molecule has 11 heteroatoms. The third-order valence-corrected chi connectivity index (χ3v) is 5.17. The Morgan fingerprint density at radius 2 is 1.80 bits per heavy atom. The maximum absolute atomic E-state index is 13.0. The van der Waals surface area contributed by atoms with E-state index in [1.165, 1.54) is 18.5 Å². The van der Waals surface area contributed by atoms with E-state index in [1.54, 1.807) is 36.0 Å². The third-order valence-electron chi connectivity index (χ3n) is 5.17. The third kappa shape index (κ3) is 5.40. The number of aryl methyl sites for hydroxylation is 2. The maximum Gasteiger partial charge on any atom is 0.416 e. The molecule has 0 atom stereocenters. The van der Waals surface area contributed by atoms with Crippen molar-refractivity contribution in [2.24, 2.45) is 0 Å². The molecule has 0 saturated carbocycles. The highest BCUT2D eigenvalue weighted by Gasteiger charge is 2.30. The highest BCUT2D eigenvalue weighted by atomic mass is 19.4. The molecule has 35 heavy (non-hydrogen) atoms. The Labute approximate surface area is 199 Å². The Morgan fingerprint density at radius 1 is 1.00 bits per heavy atom. The van der Waals surface area contributed by atoms with E-state index in [1.807, 2.05) is 19.9 Å². The van der Waals surface area contributed by atoms with E-state index in [2.05, 4.69) is 31.0 Å². The van der Waals surface area contributed by atoms with Gasteiger partial charge in [0.1, 0.15) is 18.0 Å². The van der Waals surface area contributed by atoms with E-state index in [-0.39, 0.29) is 11.3 Å². The summed E-state index contributed by atoms with van der Waals surface area (Å²) in [5.74, 6) is 1.24. The average Bonchev–Trinajstić information content (AvgIpc) is 3.20. The zero-order valence-corrected chi connectivity index (χ0v) is 19.1. The van der Waals surface area contributed by atoms with Gasteiger partial charge in [-0.25, -0.2) is 9.97 Å². The molecule has 0 radical (unpaired) electrons. The first-order valence-corrected chi connectivity index (χ1v) is 10.6. The molecule has 0 aliphatic carbocycles. The first-order valence-electron chi connectivity index (χ1n) is 10.6. The number of rotatable bonds is 6. The number of carbonyl (C=O) groups is 1. The van der Waals surface area contributed by atoms with Gasteiger partial charge >= 0.3 is 6.18 Å². The topological polar surface area (TPSA) is 96.8 Å². The van der Waals surface area contributed by atoms with Gasteiger partial charge in [0, 0.05) is 36.1 Å². The lowest BCUT2D eigenvalue weighted by Crippen LogP contribution is -2.14. The molecule has 2 aromatic heterocycles. The number of alkyl halides is 3. The summed E-state index contributed by atoms with van der Waals surface area (Å²) in [6.07, 6.45) is -3.08. The van der Waals surface area contributed by atoms with Crippen LogP contribution in [0.3, 0.4) is 0 Å². The SMILES string of the molecule is CNc1cc(-n2nc(C)cc2Nc2cc(C(=O)Nc3cccc(C(F)(F)F)c3)ccc2C)ncn1. The van der Waals surface area contributed by atoms with E-state index >= 15 is 0 Å². The lowest BCUT2D eigenvalue weighted by atomic mass is 10.1. The highest BCUT2D eigenvalue weighted by Crippen LogP contribution is 2.31. The molecule has 2 heterocycles. The summed E-state index contributed by atoms with van der Waals surface area (Å²) in [5, 5.41) is 13.2. The number of hydrogen-bond donors (Lipinski definition) is 3. The Balaban J connectivity index is 1.60. The molecule has 0 aliphatic heterocycles. The number of carbonyl (C=O) groups excluding carboxylic acids is 1. The first kappa shape index (κ1) is 23.7. The van der Waals surface area contributed by atoms with Crippen LogP contribution in [0, 0.1) is 13.8 Å². The van der Waals surface area contributed by atoms with Crippen LogP contribution in [-0.4, -0.2) is 32.7 Å². The molecule has 0 aliphatic rings. The molecule has 0 saturated heterocycles. The number of halogens is 3. The standard InChI is InChI=1S/C24H22F3N7O/c1-14-7-8-16(23(35)31-18-6-4-5-17(11-18)24(25,26)27)10-19(14)32-22-9-15(2)33-34(22)21-12-20(28-3)29-13-30-21/h4-13,32H,1-3H3,(H,31,35)(H,28,29,30). The van der Waals surface area contributed by atoms with Crippen LogP contribution in [0.5, 0.6) is 0 Å². The molecular formula is C24H22F3N7O. The predicted octanol–water partition coefficient (Wildman–Crippen LogP) is 5.34. The summed E-state index contributed by atoms with van der Waals surface area (Å²) in [7, 11) is 1.75. The van der Waals surface area contributed by atoms with Crippen LogP contribution in [0.4, 0.5) is 36.2 Å². The van der Waals surface area contributed by atoms with E-state index in [9.17, 15) is 18.0 Å². The molecule has 180 valence electrons. The predicted molar refractivity (Wildman–Crippen MR) is 127 cm³/mol. The van der Waals surface area contributed by atoms with Crippen molar-refractivity contribution in [2.45, 2.75) is 20.0 Å². The van der Waals surface area contributed by atoms with Gasteiger partial charge in [-0.3, -0.25) is 4.79 Å². The van der Waals surface area contributed by atoms with Crippen molar-refractivity contribution in [3.63, 3.8) is 0 Å². The number of amides is 1. The summed E-state index contributed by atoms with van der Waals surface area (Å²) < 4.78 is 40.6. The molecule has 1 amide bonds. The number of nitrogens with one attached hydrogen (secondary N) is 3. The van der Waals surface area contributed by atoms with Crippen molar-refractivity contribution >= 4 is 28.9 Å². The van der Waals surface area contributed by atoms with Gasteiger partial charge in [-0.2, -0.15) is 23.0 Å². The van der Waals surface area contributed by atoms with Gasteiger partial charge in [-0.15, -0.1) is 0 Å². The second-order valence-electron chi connectivity index (χ2n) is 7.78. The summed E-state index contributed by atoms with van der Waals surface area (Å²) in [6, 6.07) is 13.1. The van der Waals surface area contributed by atoms with Gasteiger partial charge in [0.2, 0.25) is 0 Å². The summed E-state index contributed by atoms with van der Waals surface area (Å²) in [4.78, 5) is 21.2. The van der Waals surface area contributed by atoms with Crippen LogP contribution < -0.4 is 16.0 Å². The molecule has 0 spiro atoms. The van der Waals surface area contributed by atoms with E-state index in [0.717, 1.165) is 23.4 Å². The van der Waals surface area contributed by atoms with Gasteiger partial charge in [-0.05, 0) is 49.7 Å². The molecular weight excluding hydrogens is 459 g/mol. The molecule has 4 aromatic rings. The van der Waals surface area contributed by atoms with Crippen molar-refractivity contribution in [1.29, 1.82) is 0 Å². The van der Waals surface area contributed by atoms with Crippen molar-refractivity contribution < 1.29 is 18.0 Å². The number of benzene rings is 2. The fourth-order valence-electron chi connectivity index (χ4n) is 3.38. The average molecular weight is 481 g/mol. The Bertz CT molecular complexity index is 1380. The molecule has 0 unspecified atom stereocenters. The van der Waals surface area contributed by atoms with Crippen LogP contribution in [0.1, 0.15) is 27.2 Å². The van der Waals surface area contributed by atoms with Gasteiger partial charge < -0.3 is 16.0 Å². The number of hydrogen-bond acceptors (Lipinski definition) is 6. The largest absolute Gasteiger partial charge is 0.416 e. The summed E-state index contributed by atoms with van der Waals surface area (Å²) >= 11 is 0. The minimum absolute atomic E-state index is 0.0534. The minimum Gasteiger partial charge on any atom is -0.373 e. The van der Waals surface area contributed by atoms with Crippen LogP contribution >= 0.6 is 0 Å². The van der Waals surface area contributed by atoms with Gasteiger partial charge in [0.05, 0.1) is 11.3 Å². The second kappa shape index (κ2) is 9.45. The second-order valence-corrected chi connectivity index (χ2v) is 7.78. The van der Waals surface area contributed by atoms with E-state index < -0.39 is 17.6 Å². The molecule has 2 aromatic carbocycles. The lowest BCUT2D eigenvalue weighted by molar-refractivity contribution is -0.137. The Hall–Kier alpha value is -4.41. The lowest BCUT2D eigenvalue weighted by Gasteiger charge is -2.14. The molecule has 8 nitrogen and oxygen atoms in total. The normalized spacial score (nSPS) is 11.3. The van der Waals surface area contributed by atoms with Crippen molar-refractivity contribution in [3.05, 3.63) is 83.3 Å². The van der Waals surface area contributed by atoms with Crippen molar-refractivity contribution in [1.82, 2.24) is 19.7 Å². The Kier molecular flexibility index (Phi) is 6.41.